The molecule has 18 N–H and O–H groups in total. The van der Waals surface area contributed by atoms with Crippen molar-refractivity contribution in [2.45, 2.75) is 145 Å². The van der Waals surface area contributed by atoms with Crippen LogP contribution in [0.4, 0.5) is 4.79 Å². The summed E-state index contributed by atoms with van der Waals surface area (Å²) in [5, 5.41) is 30.3. The monoisotopic (exact) mass is 1300 g/mol. The Morgan fingerprint density at radius 3 is 1.87 bits per heavy atom. The summed E-state index contributed by atoms with van der Waals surface area (Å²) in [6, 6.07) is 2.45. The van der Waals surface area contributed by atoms with Gasteiger partial charge in [0.25, 0.3) is 5.24 Å². The molecule has 11 amide bonds. The molecule has 10 atom stereocenters. The summed E-state index contributed by atoms with van der Waals surface area (Å²) >= 11 is 1.62. The van der Waals surface area contributed by atoms with Crippen molar-refractivity contribution in [1.29, 1.82) is 0 Å². The van der Waals surface area contributed by atoms with Crippen LogP contribution in [0.3, 0.4) is 0 Å². The molecule has 4 bridgehead atoms. The summed E-state index contributed by atoms with van der Waals surface area (Å²) in [5.74, 6) is -12.5. The number of amides is 11. The van der Waals surface area contributed by atoms with Crippen molar-refractivity contribution in [2.75, 3.05) is 37.7 Å². The maximum atomic E-state index is 14.7. The quantitative estimate of drug-likeness (QED) is 0.0260. The van der Waals surface area contributed by atoms with E-state index in [4.69, 9.17) is 22.9 Å². The van der Waals surface area contributed by atoms with Crippen molar-refractivity contribution in [3.05, 3.63) is 71.9 Å². The van der Waals surface area contributed by atoms with Gasteiger partial charge in [-0.3, -0.25) is 67.3 Å². The van der Waals surface area contributed by atoms with E-state index in [-0.39, 0.29) is 75.2 Å². The second-order valence-corrected chi connectivity index (χ2v) is 25.5. The third-order valence-electron chi connectivity index (χ3n) is 15.1. The number of piperazine rings is 1. The molecule has 2 unspecified atom stereocenters. The Balaban J connectivity index is 1.40. The van der Waals surface area contributed by atoms with Crippen LogP contribution < -0.4 is 65.5 Å². The van der Waals surface area contributed by atoms with Gasteiger partial charge in [-0.15, -0.1) is 11.8 Å². The Bertz CT molecular complexity index is 3200. The first kappa shape index (κ1) is 71.3. The number of para-hydroxylation sites is 1. The van der Waals surface area contributed by atoms with E-state index in [2.05, 4.69) is 52.5 Å². The Kier molecular flexibility index (Phi) is 26.5. The molecule has 30 nitrogen and oxygen atoms in total. The standard InChI is InChI=1S/C59H82N16O14S2/c1-30(2)19-38-52(83)71-42(45(76)24-60)28-91-59(89)73-39(20-31(3)4)53(84)70-41(22-33-25-65-35-14-9-8-13-34(33)35)55(86)72-43-29-90-48-27-74(57(88)44(23-49(79)80)75(48)56(43)87)26-47(78)66-37(16-17-46(61)77)51(82)67-36(15-10-18-64-58(62)63)50(81)69-40(54(85)68-38)21-32-11-6-5-7-12-32/h5-9,11-14,25,30-31,36-44,48,65H,10,15-24,26-29,60H2,1-4H3,(H2,61,77)(H,66,78)(H,67,82)(H,68,85)(H,69,81)(H,70,84)(H,71,83)(H,72,86)(H,73,89)(H,79,80)(H4,62,63,64)/t36-,37-,38-,39-,40-,41-,42?,43-,44-,48?/m0/s1. The van der Waals surface area contributed by atoms with Gasteiger partial charge in [0.2, 0.25) is 59.1 Å². The summed E-state index contributed by atoms with van der Waals surface area (Å²) in [5.41, 5.74) is 24.3. The number of primary amides is 1. The molecular weight excluding hydrogens is 1220 g/mol. The lowest BCUT2D eigenvalue weighted by molar-refractivity contribution is -0.159. The van der Waals surface area contributed by atoms with E-state index in [9.17, 15) is 67.4 Å². The number of carbonyl (C=O) groups excluding carboxylic acids is 12. The normalized spacial score (nSPS) is 24.8. The van der Waals surface area contributed by atoms with E-state index >= 15 is 0 Å². The molecule has 3 aromatic rings. The number of carboxylic acid groups (broad SMARTS) is 1. The van der Waals surface area contributed by atoms with Gasteiger partial charge < -0.3 is 85.4 Å². The molecule has 0 radical (unpaired) electrons. The number of aliphatic imine (C=N–C) groups is 1. The average molecular weight is 1300 g/mol. The minimum absolute atomic E-state index is 0.00225. The summed E-state index contributed by atoms with van der Waals surface area (Å²) in [6.45, 7) is 5.38. The third kappa shape index (κ3) is 21.2. The molecule has 1 aromatic heterocycles. The first-order valence-electron chi connectivity index (χ1n) is 29.9. The molecule has 0 spiro atoms. The summed E-state index contributed by atoms with van der Waals surface area (Å²) in [6.07, 6.45) is -0.564. The SMILES string of the molecule is CC(C)C[C@@H]1NC(=O)SCC(C(=O)CN)NC(=O)[C@H](CC(C)C)NC(=O)[C@H](Cc2ccccc2)NC(=O)[C@H](CCCN=C(N)N)NC(=O)[C@H](CCC(N)=O)NC(=O)CN2CC3SC[C@H](NC(=O)[C@H](Cc4c[nH]c5ccccc45)NC1=O)C(=O)N3[C@@H](CC(=O)O)C2=O. The van der Waals surface area contributed by atoms with Gasteiger partial charge >= 0.3 is 5.97 Å². The second-order valence-electron chi connectivity index (χ2n) is 23.3. The third-order valence-corrected chi connectivity index (χ3v) is 17.3. The van der Waals surface area contributed by atoms with Crippen LogP contribution in [0.1, 0.15) is 83.8 Å². The lowest BCUT2D eigenvalue weighted by Gasteiger charge is -2.49. The van der Waals surface area contributed by atoms with E-state index < -0.39 is 174 Å². The number of H-pyrrole nitrogens is 1. The van der Waals surface area contributed by atoms with E-state index in [1.54, 1.807) is 88.5 Å². The number of guanidine groups is 1. The van der Waals surface area contributed by atoms with Gasteiger partial charge in [0.1, 0.15) is 48.3 Å². The fraction of sp³-hybridized carbons (Fsp3) is 0.525. The van der Waals surface area contributed by atoms with Crippen molar-refractivity contribution in [1.82, 2.24) is 57.3 Å². The highest BCUT2D eigenvalue weighted by Crippen LogP contribution is 2.33. The Morgan fingerprint density at radius 1 is 0.659 bits per heavy atom. The van der Waals surface area contributed by atoms with Crippen LogP contribution in [0.25, 0.3) is 10.9 Å². The number of rotatable bonds is 19. The number of benzene rings is 2. The zero-order valence-electron chi connectivity index (χ0n) is 51.0. The molecule has 494 valence electrons. The molecular formula is C59H82N16O14S2. The van der Waals surface area contributed by atoms with Crippen molar-refractivity contribution < 1.29 is 67.4 Å². The first-order valence-corrected chi connectivity index (χ1v) is 31.9. The van der Waals surface area contributed by atoms with E-state index in [1.165, 1.54) is 0 Å². The molecule has 7 rings (SSSR count). The number of fused-ring (bicyclic) bond motifs is 28. The summed E-state index contributed by atoms with van der Waals surface area (Å²) < 4.78 is 0. The molecule has 4 saturated heterocycles. The maximum Gasteiger partial charge on any atom is 0.305 e. The van der Waals surface area contributed by atoms with Gasteiger partial charge in [-0.05, 0) is 61.1 Å². The van der Waals surface area contributed by atoms with Crippen LogP contribution in [0.5, 0.6) is 0 Å². The Hall–Kier alpha value is -8.78. The van der Waals surface area contributed by atoms with Gasteiger partial charge in [0.05, 0.1) is 37.5 Å². The van der Waals surface area contributed by atoms with E-state index in [0.717, 1.165) is 21.6 Å². The van der Waals surface area contributed by atoms with E-state index in [0.29, 0.717) is 33.8 Å². The van der Waals surface area contributed by atoms with Gasteiger partial charge in [0, 0.05) is 54.4 Å². The number of aliphatic carboxylic acids is 1. The molecule has 0 aliphatic carbocycles. The number of carboxylic acids is 1. The number of hydrogen-bond acceptors (Lipinski definition) is 17. The smallest absolute Gasteiger partial charge is 0.305 e. The maximum absolute atomic E-state index is 14.7. The van der Waals surface area contributed by atoms with Crippen LogP contribution >= 0.6 is 23.5 Å². The molecule has 4 aliphatic heterocycles. The Labute approximate surface area is 533 Å². The van der Waals surface area contributed by atoms with Crippen LogP contribution in [0.15, 0.2) is 65.8 Å². The minimum Gasteiger partial charge on any atom is -0.481 e. The highest BCUT2D eigenvalue weighted by atomic mass is 32.2. The van der Waals surface area contributed by atoms with E-state index in [1.807, 2.05) is 0 Å². The van der Waals surface area contributed by atoms with Crippen LogP contribution in [-0.2, 0) is 70.4 Å². The van der Waals surface area contributed by atoms with Crippen molar-refractivity contribution in [3.63, 3.8) is 0 Å². The van der Waals surface area contributed by atoms with Gasteiger partial charge in [0.15, 0.2) is 11.7 Å². The first-order chi connectivity index (χ1) is 43.2. The molecule has 91 heavy (non-hydrogen) atoms. The number of Topliss-reactive ketones (excluding diaryl/α,β-unsaturated/α-hetero) is 1. The molecule has 4 aliphatic rings. The summed E-state index contributed by atoms with van der Waals surface area (Å²) in [4.78, 5) is 192. The van der Waals surface area contributed by atoms with Crippen molar-refractivity contribution >= 4 is 116 Å². The topological polar surface area (TPSA) is 477 Å². The lowest BCUT2D eigenvalue weighted by Crippen LogP contribution is -2.69. The molecule has 2 aromatic carbocycles. The van der Waals surface area contributed by atoms with Crippen LogP contribution in [0.2, 0.25) is 0 Å². The number of thioether (sulfide) groups is 2. The minimum atomic E-state index is -1.71. The van der Waals surface area contributed by atoms with Gasteiger partial charge in [-0.25, -0.2) is 0 Å². The fourth-order valence-corrected chi connectivity index (χ4v) is 12.8. The number of nitrogens with two attached hydrogens (primary N) is 4. The van der Waals surface area contributed by atoms with Crippen LogP contribution in [-0.4, -0.2) is 199 Å². The predicted octanol–water partition coefficient (Wildman–Crippen LogP) is -2.30. The number of nitrogens with one attached hydrogen (secondary N) is 9. The number of nitrogens with zero attached hydrogens (tertiary/aromatic N) is 3. The summed E-state index contributed by atoms with van der Waals surface area (Å²) in [7, 11) is 0. The zero-order valence-corrected chi connectivity index (χ0v) is 52.7. The predicted molar refractivity (Wildman–Crippen MR) is 337 cm³/mol. The van der Waals surface area contributed by atoms with Gasteiger partial charge in [-0.2, -0.15) is 0 Å². The van der Waals surface area contributed by atoms with Crippen LogP contribution in [0, 0.1) is 11.8 Å². The molecule has 0 saturated carbocycles. The average Bonchev–Trinajstić information content (AvgIpc) is 1.24. The zero-order chi connectivity index (χ0) is 66.6. The lowest BCUT2D eigenvalue weighted by atomic mass is 10.00. The number of aromatic nitrogens is 1. The molecule has 32 heteroatoms. The fourth-order valence-electron chi connectivity index (χ4n) is 10.7. The Morgan fingerprint density at radius 2 is 1.23 bits per heavy atom. The van der Waals surface area contributed by atoms with Crippen molar-refractivity contribution in [2.24, 2.45) is 39.8 Å². The molecule has 5 heterocycles. The second kappa shape index (κ2) is 33.9. The number of carbonyl (C=O) groups is 13. The molecule has 4 fully saturated rings. The number of ketones is 1. The highest BCUT2D eigenvalue weighted by Gasteiger charge is 2.50. The van der Waals surface area contributed by atoms with Gasteiger partial charge in [-0.1, -0.05) is 88.0 Å². The van der Waals surface area contributed by atoms with Crippen molar-refractivity contribution in [3.8, 4) is 0 Å². The highest BCUT2D eigenvalue weighted by molar-refractivity contribution is 8.13. The largest absolute Gasteiger partial charge is 0.481 e. The number of aromatic amines is 1. The number of hydrogen-bond donors (Lipinski definition) is 14.